The molecule has 0 amide bonds. The fourth-order valence-electron chi connectivity index (χ4n) is 2.14. The second-order valence-electron chi connectivity index (χ2n) is 5.20. The minimum absolute atomic E-state index is 0.507. The molecule has 0 aliphatic carbocycles. The maximum Gasteiger partial charge on any atom is 0.0412 e. The first-order chi connectivity index (χ1) is 9.06. The zero-order valence-corrected chi connectivity index (χ0v) is 12.5. The third-order valence-corrected chi connectivity index (χ3v) is 3.38. The molecule has 1 nitrogen and oxygen atoms in total. The van der Waals surface area contributed by atoms with E-state index in [-0.39, 0.29) is 0 Å². The molecule has 0 spiro atoms. The highest BCUT2D eigenvalue weighted by Crippen LogP contribution is 2.26. The van der Waals surface area contributed by atoms with Crippen molar-refractivity contribution in [3.63, 3.8) is 0 Å². The lowest BCUT2D eigenvalue weighted by Gasteiger charge is -2.11. The van der Waals surface area contributed by atoms with Gasteiger partial charge in [0, 0.05) is 17.6 Å². The molecule has 0 fully saturated rings. The van der Waals surface area contributed by atoms with Crippen molar-refractivity contribution in [2.24, 2.45) is 0 Å². The zero-order chi connectivity index (χ0) is 13.8. The molecule has 2 aromatic carbocycles. The molecule has 0 aliphatic heterocycles. The standard InChI is InChI=1S/C17H20ClN/c1-12(2)19-11-14-7-8-17(13(3)9-14)15-5-4-6-16(18)10-15/h4-10,12,19H,11H2,1-3H3. The van der Waals surface area contributed by atoms with Crippen LogP contribution in [0.15, 0.2) is 42.5 Å². The average Bonchev–Trinajstić information content (AvgIpc) is 2.36. The van der Waals surface area contributed by atoms with Gasteiger partial charge in [0.05, 0.1) is 0 Å². The summed E-state index contributed by atoms with van der Waals surface area (Å²) in [5.41, 5.74) is 5.02. The van der Waals surface area contributed by atoms with Crippen LogP contribution in [0.3, 0.4) is 0 Å². The van der Waals surface area contributed by atoms with E-state index in [9.17, 15) is 0 Å². The van der Waals surface area contributed by atoms with Crippen LogP contribution in [0.5, 0.6) is 0 Å². The van der Waals surface area contributed by atoms with Gasteiger partial charge in [-0.05, 0) is 41.3 Å². The van der Waals surface area contributed by atoms with Crippen LogP contribution in [0.4, 0.5) is 0 Å². The Morgan fingerprint density at radius 3 is 2.53 bits per heavy atom. The molecule has 0 saturated heterocycles. The number of hydrogen-bond donors (Lipinski definition) is 1. The van der Waals surface area contributed by atoms with Gasteiger partial charge in [0.15, 0.2) is 0 Å². The van der Waals surface area contributed by atoms with Gasteiger partial charge < -0.3 is 5.32 Å². The minimum atomic E-state index is 0.507. The lowest BCUT2D eigenvalue weighted by molar-refractivity contribution is 0.589. The van der Waals surface area contributed by atoms with Crippen molar-refractivity contribution < 1.29 is 0 Å². The van der Waals surface area contributed by atoms with Crippen LogP contribution in [0.1, 0.15) is 25.0 Å². The smallest absolute Gasteiger partial charge is 0.0412 e. The normalized spacial score (nSPS) is 11.0. The largest absolute Gasteiger partial charge is 0.310 e. The first-order valence-corrected chi connectivity index (χ1v) is 7.03. The van der Waals surface area contributed by atoms with Gasteiger partial charge in [-0.1, -0.05) is 55.8 Å². The van der Waals surface area contributed by atoms with E-state index in [2.05, 4.69) is 50.4 Å². The van der Waals surface area contributed by atoms with Gasteiger partial charge in [0.2, 0.25) is 0 Å². The van der Waals surface area contributed by atoms with Crippen LogP contribution in [-0.4, -0.2) is 6.04 Å². The molecule has 2 rings (SSSR count). The molecule has 0 bridgehead atoms. The van der Waals surface area contributed by atoms with Gasteiger partial charge in [0.1, 0.15) is 0 Å². The molecule has 0 aromatic heterocycles. The zero-order valence-electron chi connectivity index (χ0n) is 11.7. The average molecular weight is 274 g/mol. The van der Waals surface area contributed by atoms with Crippen molar-refractivity contribution in [2.45, 2.75) is 33.4 Å². The van der Waals surface area contributed by atoms with Gasteiger partial charge >= 0.3 is 0 Å². The van der Waals surface area contributed by atoms with E-state index >= 15 is 0 Å². The molecule has 2 heteroatoms. The fraction of sp³-hybridized carbons (Fsp3) is 0.294. The molecule has 0 atom stereocenters. The quantitative estimate of drug-likeness (QED) is 0.843. The molecule has 0 radical (unpaired) electrons. The van der Waals surface area contributed by atoms with Crippen molar-refractivity contribution in [3.8, 4) is 11.1 Å². The van der Waals surface area contributed by atoms with Gasteiger partial charge in [-0.25, -0.2) is 0 Å². The van der Waals surface area contributed by atoms with Crippen LogP contribution in [0.25, 0.3) is 11.1 Å². The Morgan fingerprint density at radius 2 is 1.89 bits per heavy atom. The maximum atomic E-state index is 6.05. The van der Waals surface area contributed by atoms with Gasteiger partial charge in [0.25, 0.3) is 0 Å². The van der Waals surface area contributed by atoms with E-state index in [1.54, 1.807) is 0 Å². The van der Waals surface area contributed by atoms with Gasteiger partial charge in [-0.2, -0.15) is 0 Å². The summed E-state index contributed by atoms with van der Waals surface area (Å²) in [5, 5.41) is 4.22. The summed E-state index contributed by atoms with van der Waals surface area (Å²) >= 11 is 6.05. The molecular weight excluding hydrogens is 254 g/mol. The van der Waals surface area contributed by atoms with E-state index in [1.165, 1.54) is 22.3 Å². The second-order valence-corrected chi connectivity index (χ2v) is 5.63. The summed E-state index contributed by atoms with van der Waals surface area (Å²) in [6.45, 7) is 7.38. The molecular formula is C17H20ClN. The van der Waals surface area contributed by atoms with Crippen LogP contribution in [-0.2, 0) is 6.54 Å². The Morgan fingerprint density at radius 1 is 1.11 bits per heavy atom. The number of nitrogens with one attached hydrogen (secondary N) is 1. The molecule has 100 valence electrons. The monoisotopic (exact) mass is 273 g/mol. The molecule has 1 N–H and O–H groups in total. The highest BCUT2D eigenvalue weighted by Gasteiger charge is 2.04. The Hall–Kier alpha value is -1.31. The topological polar surface area (TPSA) is 12.0 Å². The third kappa shape index (κ3) is 3.82. The summed E-state index contributed by atoms with van der Waals surface area (Å²) in [5.74, 6) is 0. The van der Waals surface area contributed by atoms with Crippen molar-refractivity contribution in [3.05, 3.63) is 58.6 Å². The highest BCUT2D eigenvalue weighted by molar-refractivity contribution is 6.30. The Kier molecular flexibility index (Phi) is 4.62. The van der Waals surface area contributed by atoms with Crippen molar-refractivity contribution in [1.29, 1.82) is 0 Å². The number of rotatable bonds is 4. The molecule has 0 heterocycles. The summed E-state index contributed by atoms with van der Waals surface area (Å²) in [6, 6.07) is 15.1. The van der Waals surface area contributed by atoms with E-state index in [4.69, 9.17) is 11.6 Å². The van der Waals surface area contributed by atoms with Crippen molar-refractivity contribution in [1.82, 2.24) is 5.32 Å². The predicted octanol–water partition coefficient (Wildman–Crippen LogP) is 4.81. The summed E-state index contributed by atoms with van der Waals surface area (Å²) in [7, 11) is 0. The lowest BCUT2D eigenvalue weighted by atomic mass is 9.98. The van der Waals surface area contributed by atoms with Crippen molar-refractivity contribution >= 4 is 11.6 Å². The van der Waals surface area contributed by atoms with Gasteiger partial charge in [-0.15, -0.1) is 0 Å². The van der Waals surface area contributed by atoms with E-state index in [1.807, 2.05) is 18.2 Å². The lowest BCUT2D eigenvalue weighted by Crippen LogP contribution is -2.21. The molecule has 19 heavy (non-hydrogen) atoms. The Labute approximate surface area is 120 Å². The maximum absolute atomic E-state index is 6.05. The fourth-order valence-corrected chi connectivity index (χ4v) is 2.33. The summed E-state index contributed by atoms with van der Waals surface area (Å²) in [4.78, 5) is 0. The van der Waals surface area contributed by atoms with E-state index < -0.39 is 0 Å². The summed E-state index contributed by atoms with van der Waals surface area (Å²) < 4.78 is 0. The van der Waals surface area contributed by atoms with Gasteiger partial charge in [-0.3, -0.25) is 0 Å². The number of aryl methyl sites for hydroxylation is 1. The summed E-state index contributed by atoms with van der Waals surface area (Å²) in [6.07, 6.45) is 0. The SMILES string of the molecule is Cc1cc(CNC(C)C)ccc1-c1cccc(Cl)c1. The second kappa shape index (κ2) is 6.23. The Bertz CT molecular complexity index is 561. The van der Waals surface area contributed by atoms with Crippen LogP contribution < -0.4 is 5.32 Å². The molecule has 0 saturated carbocycles. The van der Waals surface area contributed by atoms with Crippen LogP contribution in [0.2, 0.25) is 5.02 Å². The van der Waals surface area contributed by atoms with Crippen LogP contribution in [0, 0.1) is 6.92 Å². The van der Waals surface area contributed by atoms with E-state index in [0.29, 0.717) is 6.04 Å². The number of hydrogen-bond acceptors (Lipinski definition) is 1. The number of halogens is 1. The third-order valence-electron chi connectivity index (χ3n) is 3.14. The number of benzene rings is 2. The minimum Gasteiger partial charge on any atom is -0.310 e. The molecule has 0 unspecified atom stereocenters. The van der Waals surface area contributed by atoms with Crippen LogP contribution >= 0.6 is 11.6 Å². The van der Waals surface area contributed by atoms with Crippen molar-refractivity contribution in [2.75, 3.05) is 0 Å². The first-order valence-electron chi connectivity index (χ1n) is 6.65. The predicted molar refractivity (Wildman–Crippen MR) is 83.6 cm³/mol. The molecule has 2 aromatic rings. The highest BCUT2D eigenvalue weighted by atomic mass is 35.5. The molecule has 0 aliphatic rings. The van der Waals surface area contributed by atoms with E-state index in [0.717, 1.165) is 11.6 Å². The first kappa shape index (κ1) is 14.1. The Balaban J connectivity index is 2.24.